The molecule has 1 aliphatic rings. The van der Waals surface area contributed by atoms with Crippen LogP contribution in [0.1, 0.15) is 24.5 Å². The first-order chi connectivity index (χ1) is 10.7. The summed E-state index contributed by atoms with van der Waals surface area (Å²) in [5.74, 6) is 0. The number of benzene rings is 2. The fourth-order valence-electron chi connectivity index (χ4n) is 2.80. The van der Waals surface area contributed by atoms with Crippen LogP contribution >= 0.6 is 0 Å². The zero-order valence-corrected chi connectivity index (χ0v) is 12.1. The lowest BCUT2D eigenvalue weighted by molar-refractivity contribution is -0.384. The molecule has 5 nitrogen and oxygen atoms in total. The van der Waals surface area contributed by atoms with Crippen molar-refractivity contribution in [2.75, 3.05) is 11.9 Å². The number of para-hydroxylation sites is 2. The van der Waals surface area contributed by atoms with Gasteiger partial charge in [-0.3, -0.25) is 10.1 Å². The third-order valence-corrected chi connectivity index (χ3v) is 3.92. The molecule has 0 amide bonds. The van der Waals surface area contributed by atoms with E-state index in [0.717, 1.165) is 18.4 Å². The van der Waals surface area contributed by atoms with Crippen LogP contribution in [0.5, 0.6) is 0 Å². The summed E-state index contributed by atoms with van der Waals surface area (Å²) in [5.41, 5.74) is 1.84. The Morgan fingerprint density at radius 2 is 1.82 bits per heavy atom. The van der Waals surface area contributed by atoms with E-state index in [2.05, 4.69) is 17.4 Å². The molecule has 1 N–H and O–H groups in total. The third kappa shape index (κ3) is 3.26. The molecule has 1 aliphatic heterocycles. The van der Waals surface area contributed by atoms with Crippen molar-refractivity contribution in [3.63, 3.8) is 0 Å². The number of nitro groups is 1. The smallest absolute Gasteiger partial charge is 0.292 e. The summed E-state index contributed by atoms with van der Waals surface area (Å²) < 4.78 is 5.84. The summed E-state index contributed by atoms with van der Waals surface area (Å²) >= 11 is 0. The molecule has 2 aromatic rings. The van der Waals surface area contributed by atoms with Crippen molar-refractivity contribution < 1.29 is 9.66 Å². The predicted octanol–water partition coefficient (Wildman–Crippen LogP) is 3.93. The van der Waals surface area contributed by atoms with Crippen molar-refractivity contribution in [3.8, 4) is 0 Å². The van der Waals surface area contributed by atoms with Crippen LogP contribution < -0.4 is 5.32 Å². The first-order valence-electron chi connectivity index (χ1n) is 7.40. The summed E-state index contributed by atoms with van der Waals surface area (Å²) in [6.45, 7) is 0.651. The number of hydrogen-bond donors (Lipinski definition) is 1. The number of hydrogen-bond acceptors (Lipinski definition) is 4. The van der Waals surface area contributed by atoms with E-state index in [9.17, 15) is 10.1 Å². The van der Waals surface area contributed by atoms with Gasteiger partial charge in [-0.15, -0.1) is 0 Å². The number of ether oxygens (including phenoxy) is 1. The number of nitro benzene ring substituents is 1. The molecule has 0 saturated carbocycles. The second-order valence-corrected chi connectivity index (χ2v) is 5.41. The number of nitrogens with one attached hydrogen (secondary N) is 1. The average molecular weight is 298 g/mol. The van der Waals surface area contributed by atoms with Crippen molar-refractivity contribution in [3.05, 3.63) is 70.3 Å². The molecule has 0 radical (unpaired) electrons. The Balaban J connectivity index is 1.72. The normalized spacial score (nSPS) is 21.3. The highest BCUT2D eigenvalue weighted by atomic mass is 16.6. The molecule has 3 rings (SSSR count). The topological polar surface area (TPSA) is 64.4 Å². The lowest BCUT2D eigenvalue weighted by atomic mass is 9.97. The van der Waals surface area contributed by atoms with E-state index in [1.54, 1.807) is 12.1 Å². The Hall–Kier alpha value is -2.40. The highest BCUT2D eigenvalue weighted by molar-refractivity contribution is 5.61. The second-order valence-electron chi connectivity index (χ2n) is 5.41. The fourth-order valence-corrected chi connectivity index (χ4v) is 2.80. The van der Waals surface area contributed by atoms with E-state index < -0.39 is 0 Å². The van der Waals surface area contributed by atoms with Crippen LogP contribution in [0.2, 0.25) is 0 Å². The van der Waals surface area contributed by atoms with Crippen LogP contribution in [-0.2, 0) is 4.74 Å². The van der Waals surface area contributed by atoms with Gasteiger partial charge in [-0.1, -0.05) is 42.5 Å². The van der Waals surface area contributed by atoms with Crippen LogP contribution in [0, 0.1) is 10.1 Å². The Kier molecular flexibility index (Phi) is 4.34. The Morgan fingerprint density at radius 1 is 1.09 bits per heavy atom. The SMILES string of the molecule is O=[N+]([O-])c1ccccc1NC1CCOC(c2ccccc2)C1. The summed E-state index contributed by atoms with van der Waals surface area (Å²) in [7, 11) is 0. The quantitative estimate of drug-likeness (QED) is 0.686. The Bertz CT molecular complexity index is 645. The summed E-state index contributed by atoms with van der Waals surface area (Å²) in [4.78, 5) is 10.7. The monoisotopic (exact) mass is 298 g/mol. The Morgan fingerprint density at radius 3 is 2.59 bits per heavy atom. The second kappa shape index (κ2) is 6.58. The van der Waals surface area contributed by atoms with Crippen LogP contribution in [0.25, 0.3) is 0 Å². The summed E-state index contributed by atoms with van der Waals surface area (Å²) in [6, 6.07) is 17.0. The van der Waals surface area contributed by atoms with Crippen LogP contribution in [0.4, 0.5) is 11.4 Å². The standard InChI is InChI=1S/C17H18N2O3/c20-19(21)16-9-5-4-8-15(16)18-14-10-11-22-17(12-14)13-6-2-1-3-7-13/h1-9,14,17-18H,10-12H2. The minimum absolute atomic E-state index is 0.0372. The maximum Gasteiger partial charge on any atom is 0.292 e. The van der Waals surface area contributed by atoms with Gasteiger partial charge in [0.15, 0.2) is 0 Å². The highest BCUT2D eigenvalue weighted by Gasteiger charge is 2.25. The van der Waals surface area contributed by atoms with Gasteiger partial charge in [-0.25, -0.2) is 0 Å². The lowest BCUT2D eigenvalue weighted by Crippen LogP contribution is -2.30. The molecule has 0 aliphatic carbocycles. The average Bonchev–Trinajstić information content (AvgIpc) is 2.56. The lowest BCUT2D eigenvalue weighted by Gasteiger charge is -2.31. The van der Waals surface area contributed by atoms with Gasteiger partial charge in [0.05, 0.1) is 11.0 Å². The molecule has 1 saturated heterocycles. The molecule has 1 heterocycles. The van der Waals surface area contributed by atoms with E-state index in [1.807, 2.05) is 24.3 Å². The van der Waals surface area contributed by atoms with E-state index in [-0.39, 0.29) is 22.8 Å². The molecule has 2 aromatic carbocycles. The molecule has 1 fully saturated rings. The van der Waals surface area contributed by atoms with Gasteiger partial charge in [0.25, 0.3) is 5.69 Å². The number of anilines is 1. The molecule has 5 heteroatoms. The molecule has 22 heavy (non-hydrogen) atoms. The first-order valence-corrected chi connectivity index (χ1v) is 7.40. The molecule has 0 aromatic heterocycles. The number of rotatable bonds is 4. The van der Waals surface area contributed by atoms with Crippen LogP contribution in [0.3, 0.4) is 0 Å². The van der Waals surface area contributed by atoms with E-state index in [0.29, 0.717) is 12.3 Å². The molecule has 0 bridgehead atoms. The predicted molar refractivity (Wildman–Crippen MR) is 84.9 cm³/mol. The molecule has 2 unspecified atom stereocenters. The molecular formula is C17H18N2O3. The molecular weight excluding hydrogens is 280 g/mol. The molecule has 114 valence electrons. The molecule has 0 spiro atoms. The number of nitrogens with zero attached hydrogens (tertiary/aromatic N) is 1. The minimum atomic E-state index is -0.351. The zero-order valence-electron chi connectivity index (χ0n) is 12.1. The zero-order chi connectivity index (χ0) is 15.4. The van der Waals surface area contributed by atoms with E-state index in [1.165, 1.54) is 6.07 Å². The maximum atomic E-state index is 11.1. The van der Waals surface area contributed by atoms with Crippen molar-refractivity contribution in [1.29, 1.82) is 0 Å². The van der Waals surface area contributed by atoms with Gasteiger partial charge in [-0.05, 0) is 24.5 Å². The Labute approximate surface area is 129 Å². The van der Waals surface area contributed by atoms with Gasteiger partial charge < -0.3 is 10.1 Å². The van der Waals surface area contributed by atoms with Crippen LogP contribution in [0.15, 0.2) is 54.6 Å². The first kappa shape index (κ1) is 14.5. The van der Waals surface area contributed by atoms with Crippen LogP contribution in [-0.4, -0.2) is 17.6 Å². The third-order valence-electron chi connectivity index (χ3n) is 3.92. The largest absolute Gasteiger partial charge is 0.377 e. The van der Waals surface area contributed by atoms with E-state index >= 15 is 0 Å². The van der Waals surface area contributed by atoms with Crippen molar-refractivity contribution in [2.45, 2.75) is 25.0 Å². The fraction of sp³-hybridized carbons (Fsp3) is 0.294. The van der Waals surface area contributed by atoms with Gasteiger partial charge in [0.2, 0.25) is 0 Å². The maximum absolute atomic E-state index is 11.1. The van der Waals surface area contributed by atoms with Gasteiger partial charge in [-0.2, -0.15) is 0 Å². The van der Waals surface area contributed by atoms with E-state index in [4.69, 9.17) is 4.74 Å². The van der Waals surface area contributed by atoms with Gasteiger partial charge in [0.1, 0.15) is 5.69 Å². The molecule has 2 atom stereocenters. The van der Waals surface area contributed by atoms with Crippen molar-refractivity contribution in [2.24, 2.45) is 0 Å². The summed E-state index contributed by atoms with van der Waals surface area (Å²) in [5, 5.41) is 14.4. The highest BCUT2D eigenvalue weighted by Crippen LogP contribution is 2.31. The summed E-state index contributed by atoms with van der Waals surface area (Å²) in [6.07, 6.45) is 1.68. The van der Waals surface area contributed by atoms with Gasteiger partial charge >= 0.3 is 0 Å². The minimum Gasteiger partial charge on any atom is -0.377 e. The van der Waals surface area contributed by atoms with Crippen molar-refractivity contribution in [1.82, 2.24) is 0 Å². The van der Waals surface area contributed by atoms with Gasteiger partial charge in [0, 0.05) is 18.7 Å². The van der Waals surface area contributed by atoms with Crippen molar-refractivity contribution >= 4 is 11.4 Å².